The first kappa shape index (κ1) is 15.5. The first-order valence-electron chi connectivity index (χ1n) is 6.71. The van der Waals surface area contributed by atoms with Gasteiger partial charge in [0, 0.05) is 18.2 Å². The first-order chi connectivity index (χ1) is 10.6. The molecule has 1 aromatic heterocycles. The van der Waals surface area contributed by atoms with Crippen molar-refractivity contribution in [3.05, 3.63) is 46.1 Å². The standard InChI is InChI=1S/C14H15N3O5/c1-3-21-13-9-12(14(18)22-4-2)15-16(13)10-5-7-11(8-6-10)17(19)20/h5-9H,3-4H2,1-2H3. The highest BCUT2D eigenvalue weighted by Crippen LogP contribution is 2.22. The molecule has 0 unspecified atom stereocenters. The van der Waals surface area contributed by atoms with Crippen LogP contribution in [0.4, 0.5) is 5.69 Å². The lowest BCUT2D eigenvalue weighted by atomic mass is 10.3. The zero-order valence-electron chi connectivity index (χ0n) is 12.2. The van der Waals surface area contributed by atoms with Crippen molar-refractivity contribution in [3.63, 3.8) is 0 Å². The van der Waals surface area contributed by atoms with Crippen molar-refractivity contribution < 1.29 is 19.2 Å². The van der Waals surface area contributed by atoms with Gasteiger partial charge in [-0.15, -0.1) is 0 Å². The summed E-state index contributed by atoms with van der Waals surface area (Å²) in [7, 11) is 0. The van der Waals surface area contributed by atoms with Crippen molar-refractivity contribution in [2.75, 3.05) is 13.2 Å². The molecule has 0 amide bonds. The summed E-state index contributed by atoms with van der Waals surface area (Å²) in [5.41, 5.74) is 0.632. The van der Waals surface area contributed by atoms with Gasteiger partial charge < -0.3 is 9.47 Å². The maximum Gasteiger partial charge on any atom is 0.358 e. The van der Waals surface area contributed by atoms with Crippen molar-refractivity contribution >= 4 is 11.7 Å². The van der Waals surface area contributed by atoms with Crippen LogP contribution in [0.3, 0.4) is 0 Å². The molecule has 2 aromatic rings. The number of aromatic nitrogens is 2. The van der Waals surface area contributed by atoms with Gasteiger partial charge in [-0.25, -0.2) is 9.48 Å². The lowest BCUT2D eigenvalue weighted by Gasteiger charge is -2.06. The second kappa shape index (κ2) is 6.70. The Morgan fingerprint density at radius 3 is 2.50 bits per heavy atom. The fraction of sp³-hybridized carbons (Fsp3) is 0.286. The number of esters is 1. The molecule has 8 nitrogen and oxygen atoms in total. The van der Waals surface area contributed by atoms with Crippen LogP contribution in [0.25, 0.3) is 5.69 Å². The first-order valence-corrected chi connectivity index (χ1v) is 6.71. The fourth-order valence-corrected chi connectivity index (χ4v) is 1.82. The van der Waals surface area contributed by atoms with E-state index >= 15 is 0 Å². The van der Waals surface area contributed by atoms with E-state index in [2.05, 4.69) is 5.10 Å². The summed E-state index contributed by atoms with van der Waals surface area (Å²) in [6.07, 6.45) is 0. The van der Waals surface area contributed by atoms with E-state index in [1.165, 1.54) is 35.0 Å². The third-order valence-corrected chi connectivity index (χ3v) is 2.76. The normalized spacial score (nSPS) is 10.3. The number of ether oxygens (including phenoxy) is 2. The highest BCUT2D eigenvalue weighted by molar-refractivity contribution is 5.87. The maximum absolute atomic E-state index is 11.7. The third-order valence-electron chi connectivity index (χ3n) is 2.76. The van der Waals surface area contributed by atoms with Gasteiger partial charge in [0.2, 0.25) is 5.88 Å². The number of benzene rings is 1. The Hall–Kier alpha value is -2.90. The number of nitro groups is 1. The molecule has 0 bridgehead atoms. The lowest BCUT2D eigenvalue weighted by Crippen LogP contribution is -2.07. The van der Waals surface area contributed by atoms with Crippen LogP contribution in [0, 0.1) is 10.1 Å². The van der Waals surface area contributed by atoms with E-state index in [1.807, 2.05) is 0 Å². The van der Waals surface area contributed by atoms with Gasteiger partial charge in [0.1, 0.15) is 0 Å². The van der Waals surface area contributed by atoms with Crippen LogP contribution >= 0.6 is 0 Å². The Labute approximate surface area is 126 Å². The summed E-state index contributed by atoms with van der Waals surface area (Å²) in [6.45, 7) is 4.14. The monoisotopic (exact) mass is 305 g/mol. The number of nitrogens with zero attached hydrogens (tertiary/aromatic N) is 3. The van der Waals surface area contributed by atoms with Gasteiger partial charge in [0.15, 0.2) is 5.69 Å². The van der Waals surface area contributed by atoms with Crippen molar-refractivity contribution in [2.24, 2.45) is 0 Å². The van der Waals surface area contributed by atoms with Crippen LogP contribution in [0.1, 0.15) is 24.3 Å². The largest absolute Gasteiger partial charge is 0.478 e. The SMILES string of the molecule is CCOC(=O)c1cc(OCC)n(-c2ccc([N+](=O)[O-])cc2)n1. The topological polar surface area (TPSA) is 96.5 Å². The molecule has 116 valence electrons. The summed E-state index contributed by atoms with van der Waals surface area (Å²) in [6, 6.07) is 7.25. The van der Waals surface area contributed by atoms with E-state index in [9.17, 15) is 14.9 Å². The number of hydrogen-bond acceptors (Lipinski definition) is 6. The summed E-state index contributed by atoms with van der Waals surface area (Å²) >= 11 is 0. The molecule has 0 N–H and O–H groups in total. The third kappa shape index (κ3) is 3.22. The Kier molecular flexibility index (Phi) is 4.72. The minimum atomic E-state index is -0.552. The molecule has 0 saturated carbocycles. The Bertz CT molecular complexity index is 678. The van der Waals surface area contributed by atoms with Crippen LogP contribution in [-0.2, 0) is 4.74 Å². The summed E-state index contributed by atoms with van der Waals surface area (Å²) in [5, 5.41) is 14.8. The van der Waals surface area contributed by atoms with Crippen molar-refractivity contribution in [1.29, 1.82) is 0 Å². The van der Waals surface area contributed by atoms with Gasteiger partial charge in [0.25, 0.3) is 5.69 Å². The number of non-ortho nitro benzene ring substituents is 1. The second-order valence-electron chi connectivity index (χ2n) is 4.21. The molecule has 22 heavy (non-hydrogen) atoms. The molecule has 2 rings (SSSR count). The zero-order valence-corrected chi connectivity index (χ0v) is 12.2. The Morgan fingerprint density at radius 1 is 1.27 bits per heavy atom. The lowest BCUT2D eigenvalue weighted by molar-refractivity contribution is -0.384. The molecule has 0 aliphatic carbocycles. The summed E-state index contributed by atoms with van der Waals surface area (Å²) in [4.78, 5) is 21.9. The van der Waals surface area contributed by atoms with Gasteiger partial charge in [-0.1, -0.05) is 0 Å². The fourth-order valence-electron chi connectivity index (χ4n) is 1.82. The zero-order chi connectivity index (χ0) is 16.1. The molecular formula is C14H15N3O5. The highest BCUT2D eigenvalue weighted by atomic mass is 16.6. The predicted octanol–water partition coefficient (Wildman–Crippen LogP) is 2.36. The van der Waals surface area contributed by atoms with Gasteiger partial charge in [-0.05, 0) is 26.0 Å². The molecule has 0 radical (unpaired) electrons. The molecule has 0 atom stereocenters. The quantitative estimate of drug-likeness (QED) is 0.461. The van der Waals surface area contributed by atoms with Crippen molar-refractivity contribution in [3.8, 4) is 11.6 Å². The molecule has 0 saturated heterocycles. The number of hydrogen-bond donors (Lipinski definition) is 0. The molecule has 0 spiro atoms. The van der Waals surface area contributed by atoms with Gasteiger partial charge in [-0.3, -0.25) is 10.1 Å². The van der Waals surface area contributed by atoms with Crippen LogP contribution in [0.2, 0.25) is 0 Å². The van der Waals surface area contributed by atoms with Crippen LogP contribution in [-0.4, -0.2) is 33.9 Å². The molecule has 8 heteroatoms. The molecular weight excluding hydrogens is 290 g/mol. The predicted molar refractivity (Wildman–Crippen MR) is 77.3 cm³/mol. The van der Waals surface area contributed by atoms with E-state index in [0.717, 1.165) is 0 Å². The summed E-state index contributed by atoms with van der Waals surface area (Å²) < 4.78 is 11.7. The minimum absolute atomic E-state index is 0.0283. The number of carbonyl (C=O) groups is 1. The summed E-state index contributed by atoms with van der Waals surface area (Å²) in [5.74, 6) is -0.191. The van der Waals surface area contributed by atoms with Crippen LogP contribution in [0.5, 0.6) is 5.88 Å². The Balaban J connectivity index is 2.39. The van der Waals surface area contributed by atoms with E-state index < -0.39 is 10.9 Å². The van der Waals surface area contributed by atoms with E-state index in [4.69, 9.17) is 9.47 Å². The number of carbonyl (C=O) groups excluding carboxylic acids is 1. The van der Waals surface area contributed by atoms with Gasteiger partial charge in [0.05, 0.1) is 23.8 Å². The number of rotatable bonds is 6. The second-order valence-corrected chi connectivity index (χ2v) is 4.21. The van der Waals surface area contributed by atoms with Gasteiger partial charge >= 0.3 is 5.97 Å². The molecule has 0 fully saturated rings. The van der Waals surface area contributed by atoms with Crippen LogP contribution in [0.15, 0.2) is 30.3 Å². The van der Waals surface area contributed by atoms with E-state index in [-0.39, 0.29) is 18.0 Å². The minimum Gasteiger partial charge on any atom is -0.478 e. The number of nitro benzene ring substituents is 1. The molecule has 1 aromatic carbocycles. The molecule has 1 heterocycles. The smallest absolute Gasteiger partial charge is 0.358 e. The average molecular weight is 305 g/mol. The highest BCUT2D eigenvalue weighted by Gasteiger charge is 2.17. The van der Waals surface area contributed by atoms with Crippen molar-refractivity contribution in [1.82, 2.24) is 9.78 Å². The van der Waals surface area contributed by atoms with Crippen LogP contribution < -0.4 is 4.74 Å². The Morgan fingerprint density at radius 2 is 1.95 bits per heavy atom. The average Bonchev–Trinajstić information content (AvgIpc) is 2.92. The maximum atomic E-state index is 11.7. The molecule has 0 aliphatic heterocycles. The van der Waals surface area contributed by atoms with E-state index in [0.29, 0.717) is 18.2 Å². The van der Waals surface area contributed by atoms with Crippen molar-refractivity contribution in [2.45, 2.75) is 13.8 Å². The van der Waals surface area contributed by atoms with E-state index in [1.54, 1.807) is 13.8 Å². The molecule has 0 aliphatic rings. The van der Waals surface area contributed by atoms with Gasteiger partial charge in [-0.2, -0.15) is 5.10 Å².